The van der Waals surface area contributed by atoms with Gasteiger partial charge in [-0.3, -0.25) is 4.79 Å². The molecule has 7 heteroatoms. The lowest BCUT2D eigenvalue weighted by Gasteiger charge is -2.14. The molecule has 0 bridgehead atoms. The first-order chi connectivity index (χ1) is 14.2. The summed E-state index contributed by atoms with van der Waals surface area (Å²) in [4.78, 5) is 25.0. The van der Waals surface area contributed by atoms with Gasteiger partial charge >= 0.3 is 12.1 Å². The molecular formula is C23H18F3NO3. The molecule has 0 aromatic heterocycles. The van der Waals surface area contributed by atoms with E-state index in [0.29, 0.717) is 11.1 Å². The first-order valence-corrected chi connectivity index (χ1v) is 8.97. The number of hydrogen-bond acceptors (Lipinski definition) is 3. The maximum absolute atomic E-state index is 12.9. The summed E-state index contributed by atoms with van der Waals surface area (Å²) in [5.74, 6) is -1.09. The molecule has 3 aromatic rings. The average Bonchev–Trinajstić information content (AvgIpc) is 2.73. The van der Waals surface area contributed by atoms with Gasteiger partial charge in [-0.15, -0.1) is 0 Å². The minimum Gasteiger partial charge on any atom is -0.465 e. The number of carbonyl (C=O) groups is 2. The quantitative estimate of drug-likeness (QED) is 0.557. The van der Waals surface area contributed by atoms with E-state index in [1.54, 1.807) is 49.4 Å². The zero-order valence-corrected chi connectivity index (χ0v) is 16.2. The Morgan fingerprint density at radius 2 is 1.57 bits per heavy atom. The zero-order chi connectivity index (χ0) is 21.9. The monoisotopic (exact) mass is 413 g/mol. The van der Waals surface area contributed by atoms with Crippen molar-refractivity contribution < 1.29 is 27.5 Å². The number of nitrogens with one attached hydrogen (secondary N) is 1. The molecule has 1 N–H and O–H groups in total. The molecule has 30 heavy (non-hydrogen) atoms. The van der Waals surface area contributed by atoms with Crippen molar-refractivity contribution in [2.75, 3.05) is 12.4 Å². The molecule has 0 aliphatic carbocycles. The van der Waals surface area contributed by atoms with Crippen molar-refractivity contribution in [2.24, 2.45) is 0 Å². The van der Waals surface area contributed by atoms with E-state index in [1.807, 2.05) is 0 Å². The van der Waals surface area contributed by atoms with Crippen LogP contribution in [0.1, 0.15) is 31.8 Å². The molecule has 0 fully saturated rings. The molecule has 4 nitrogen and oxygen atoms in total. The Bertz CT molecular complexity index is 1090. The summed E-state index contributed by atoms with van der Waals surface area (Å²) in [7, 11) is 1.25. The van der Waals surface area contributed by atoms with Crippen molar-refractivity contribution in [3.05, 3.63) is 89.0 Å². The number of hydrogen-bond donors (Lipinski definition) is 1. The number of ether oxygens (including phenoxy) is 1. The molecular weight excluding hydrogens is 395 g/mol. The molecule has 3 rings (SSSR count). The highest BCUT2D eigenvalue weighted by Gasteiger charge is 2.30. The average molecular weight is 413 g/mol. The fourth-order valence-corrected chi connectivity index (χ4v) is 3.01. The van der Waals surface area contributed by atoms with E-state index >= 15 is 0 Å². The largest absolute Gasteiger partial charge is 0.465 e. The first kappa shape index (κ1) is 21.1. The van der Waals surface area contributed by atoms with Gasteiger partial charge in [-0.25, -0.2) is 4.79 Å². The molecule has 0 saturated carbocycles. The molecule has 0 saturated heterocycles. The predicted octanol–water partition coefficient (Wildman–Crippen LogP) is 5.72. The Morgan fingerprint density at radius 1 is 0.900 bits per heavy atom. The van der Waals surface area contributed by atoms with Crippen LogP contribution >= 0.6 is 0 Å². The maximum Gasteiger partial charge on any atom is 0.416 e. The van der Waals surface area contributed by atoms with E-state index in [1.165, 1.54) is 19.2 Å². The minimum absolute atomic E-state index is 0.206. The van der Waals surface area contributed by atoms with Crippen LogP contribution in [0.4, 0.5) is 18.9 Å². The second-order valence-corrected chi connectivity index (χ2v) is 6.62. The summed E-state index contributed by atoms with van der Waals surface area (Å²) >= 11 is 0. The summed E-state index contributed by atoms with van der Waals surface area (Å²) in [6, 6.07) is 16.1. The molecule has 0 atom stereocenters. The first-order valence-electron chi connectivity index (χ1n) is 8.97. The fraction of sp³-hybridized carbons (Fsp3) is 0.130. The number of benzene rings is 3. The van der Waals surface area contributed by atoms with E-state index in [-0.39, 0.29) is 16.8 Å². The number of rotatable bonds is 4. The summed E-state index contributed by atoms with van der Waals surface area (Å²) in [6.45, 7) is 1.80. The van der Waals surface area contributed by atoms with Gasteiger partial charge in [0.15, 0.2) is 0 Å². The third-order valence-electron chi connectivity index (χ3n) is 4.52. The Kier molecular flexibility index (Phi) is 5.91. The number of halogens is 3. The third kappa shape index (κ3) is 4.51. The summed E-state index contributed by atoms with van der Waals surface area (Å²) in [5, 5.41) is 2.70. The third-order valence-corrected chi connectivity index (χ3v) is 4.52. The lowest BCUT2D eigenvalue weighted by atomic mass is 9.98. The molecule has 0 heterocycles. The van der Waals surface area contributed by atoms with Gasteiger partial charge in [0, 0.05) is 5.56 Å². The van der Waals surface area contributed by atoms with Crippen LogP contribution in [0.15, 0.2) is 66.7 Å². The lowest BCUT2D eigenvalue weighted by molar-refractivity contribution is -0.137. The van der Waals surface area contributed by atoms with Crippen LogP contribution < -0.4 is 5.32 Å². The number of amides is 1. The van der Waals surface area contributed by atoms with E-state index in [9.17, 15) is 22.8 Å². The smallest absolute Gasteiger partial charge is 0.416 e. The number of alkyl halides is 3. The van der Waals surface area contributed by atoms with Gasteiger partial charge in [0.1, 0.15) is 0 Å². The van der Waals surface area contributed by atoms with Gasteiger partial charge in [-0.2, -0.15) is 13.2 Å². The maximum atomic E-state index is 12.9. The number of aryl methyl sites for hydroxylation is 1. The second kappa shape index (κ2) is 8.41. The highest BCUT2D eigenvalue weighted by Crippen LogP contribution is 2.32. The number of carbonyl (C=O) groups excluding carboxylic acids is 2. The van der Waals surface area contributed by atoms with Gasteiger partial charge in [-0.1, -0.05) is 42.0 Å². The fourth-order valence-electron chi connectivity index (χ4n) is 3.01. The Balaban J connectivity index is 1.95. The van der Waals surface area contributed by atoms with Crippen molar-refractivity contribution in [1.82, 2.24) is 0 Å². The summed E-state index contributed by atoms with van der Waals surface area (Å²) < 4.78 is 43.3. The van der Waals surface area contributed by atoms with Crippen LogP contribution in [0.3, 0.4) is 0 Å². The highest BCUT2D eigenvalue weighted by molar-refractivity contribution is 6.11. The van der Waals surface area contributed by atoms with Crippen LogP contribution in [-0.2, 0) is 10.9 Å². The Hall–Kier alpha value is -3.61. The molecule has 0 spiro atoms. The number of esters is 1. The van der Waals surface area contributed by atoms with Crippen molar-refractivity contribution >= 4 is 17.6 Å². The van der Waals surface area contributed by atoms with Crippen LogP contribution in [0.2, 0.25) is 0 Å². The lowest BCUT2D eigenvalue weighted by Crippen LogP contribution is -2.16. The second-order valence-electron chi connectivity index (χ2n) is 6.62. The summed E-state index contributed by atoms with van der Waals surface area (Å²) in [6.07, 6.45) is -4.44. The SMILES string of the molecule is COC(=O)c1cc(C)ccc1NC(=O)c1ccccc1-c1ccc(C(F)(F)F)cc1. The Labute approximate surface area is 171 Å². The number of methoxy groups -OCH3 is 1. The minimum atomic E-state index is -4.44. The van der Waals surface area contributed by atoms with Gasteiger partial charge < -0.3 is 10.1 Å². The van der Waals surface area contributed by atoms with Gasteiger partial charge in [-0.05, 0) is 48.4 Å². The molecule has 0 unspecified atom stereocenters. The summed E-state index contributed by atoms with van der Waals surface area (Å²) in [5.41, 5.74) is 1.72. The molecule has 0 aliphatic heterocycles. The van der Waals surface area contributed by atoms with Crippen LogP contribution in [0, 0.1) is 6.92 Å². The van der Waals surface area contributed by atoms with Crippen molar-refractivity contribution in [1.29, 1.82) is 0 Å². The molecule has 1 amide bonds. The van der Waals surface area contributed by atoms with Gasteiger partial charge in [0.2, 0.25) is 0 Å². The number of anilines is 1. The van der Waals surface area contributed by atoms with E-state index in [4.69, 9.17) is 4.74 Å². The molecule has 0 radical (unpaired) electrons. The topological polar surface area (TPSA) is 55.4 Å². The zero-order valence-electron chi connectivity index (χ0n) is 16.2. The van der Waals surface area contributed by atoms with Crippen LogP contribution in [0.5, 0.6) is 0 Å². The van der Waals surface area contributed by atoms with Gasteiger partial charge in [0.25, 0.3) is 5.91 Å². The molecule has 154 valence electrons. The normalized spacial score (nSPS) is 11.1. The van der Waals surface area contributed by atoms with Crippen molar-refractivity contribution in [3.63, 3.8) is 0 Å². The van der Waals surface area contributed by atoms with Gasteiger partial charge in [0.05, 0.1) is 23.9 Å². The highest BCUT2D eigenvalue weighted by atomic mass is 19.4. The van der Waals surface area contributed by atoms with Crippen molar-refractivity contribution in [2.45, 2.75) is 13.1 Å². The Morgan fingerprint density at radius 3 is 2.20 bits per heavy atom. The van der Waals surface area contributed by atoms with E-state index < -0.39 is 23.6 Å². The predicted molar refractivity (Wildman–Crippen MR) is 107 cm³/mol. The molecule has 3 aromatic carbocycles. The van der Waals surface area contributed by atoms with E-state index in [2.05, 4.69) is 5.32 Å². The van der Waals surface area contributed by atoms with Crippen molar-refractivity contribution in [3.8, 4) is 11.1 Å². The van der Waals surface area contributed by atoms with Crippen LogP contribution in [-0.4, -0.2) is 19.0 Å². The van der Waals surface area contributed by atoms with Crippen LogP contribution in [0.25, 0.3) is 11.1 Å². The standard InChI is InChI=1S/C23H18F3NO3/c1-14-7-12-20(19(13-14)22(29)30-2)27-21(28)18-6-4-3-5-17(18)15-8-10-16(11-9-15)23(24,25)26/h3-13H,1-2H3,(H,27,28). The molecule has 0 aliphatic rings. The van der Waals surface area contributed by atoms with E-state index in [0.717, 1.165) is 17.7 Å².